The Bertz CT molecular complexity index is 992. The molecule has 8 heteroatoms. The quantitative estimate of drug-likeness (QED) is 0.670. The molecule has 0 aliphatic carbocycles. The SMILES string of the molecule is O=C(Cc1ccsc1)N1CCN(c2cccc3c2C(=O)N(C[C@H]2CCCO2)C3=O)CC1. The average molecular weight is 440 g/mol. The van der Waals surface area contributed by atoms with Crippen molar-refractivity contribution in [3.05, 3.63) is 51.7 Å². The van der Waals surface area contributed by atoms with Crippen molar-refractivity contribution in [1.29, 1.82) is 0 Å². The van der Waals surface area contributed by atoms with Crippen molar-refractivity contribution in [2.24, 2.45) is 0 Å². The Labute approximate surface area is 185 Å². The molecule has 3 amide bonds. The molecular weight excluding hydrogens is 414 g/mol. The van der Waals surface area contributed by atoms with E-state index in [1.807, 2.05) is 33.9 Å². The predicted octanol–water partition coefficient (Wildman–Crippen LogP) is 2.41. The van der Waals surface area contributed by atoms with E-state index in [4.69, 9.17) is 4.74 Å². The van der Waals surface area contributed by atoms with Crippen molar-refractivity contribution in [2.75, 3.05) is 44.2 Å². The van der Waals surface area contributed by atoms with Crippen LogP contribution in [0.4, 0.5) is 5.69 Å². The fourth-order valence-electron chi connectivity index (χ4n) is 4.61. The Balaban J connectivity index is 1.28. The molecule has 2 saturated heterocycles. The number of benzene rings is 1. The molecule has 31 heavy (non-hydrogen) atoms. The molecule has 3 aliphatic rings. The van der Waals surface area contributed by atoms with E-state index in [2.05, 4.69) is 4.90 Å². The van der Waals surface area contributed by atoms with Gasteiger partial charge in [0.25, 0.3) is 11.8 Å². The number of hydrogen-bond acceptors (Lipinski definition) is 6. The number of hydrogen-bond donors (Lipinski definition) is 0. The molecule has 5 rings (SSSR count). The van der Waals surface area contributed by atoms with Gasteiger partial charge in [-0.3, -0.25) is 19.3 Å². The monoisotopic (exact) mass is 439 g/mol. The minimum absolute atomic E-state index is 0.0663. The van der Waals surface area contributed by atoms with Crippen LogP contribution in [0.15, 0.2) is 35.0 Å². The van der Waals surface area contributed by atoms with Crippen LogP contribution in [-0.2, 0) is 16.0 Å². The number of amides is 3. The van der Waals surface area contributed by atoms with Crippen molar-refractivity contribution >= 4 is 34.7 Å². The molecule has 2 aromatic rings. The lowest BCUT2D eigenvalue weighted by atomic mass is 10.1. The van der Waals surface area contributed by atoms with E-state index in [9.17, 15) is 14.4 Å². The van der Waals surface area contributed by atoms with E-state index in [0.717, 1.165) is 24.1 Å². The summed E-state index contributed by atoms with van der Waals surface area (Å²) in [5.41, 5.74) is 2.80. The van der Waals surface area contributed by atoms with Gasteiger partial charge in [-0.2, -0.15) is 11.3 Å². The molecule has 4 heterocycles. The summed E-state index contributed by atoms with van der Waals surface area (Å²) in [6.45, 7) is 3.49. The van der Waals surface area contributed by atoms with Crippen molar-refractivity contribution < 1.29 is 19.1 Å². The molecule has 2 fully saturated rings. The maximum atomic E-state index is 13.2. The lowest BCUT2D eigenvalue weighted by Gasteiger charge is -2.36. The van der Waals surface area contributed by atoms with Gasteiger partial charge < -0.3 is 14.5 Å². The maximum Gasteiger partial charge on any atom is 0.263 e. The molecule has 1 aromatic heterocycles. The second kappa shape index (κ2) is 8.43. The lowest BCUT2D eigenvalue weighted by Crippen LogP contribution is -2.49. The lowest BCUT2D eigenvalue weighted by molar-refractivity contribution is -0.130. The molecule has 0 saturated carbocycles. The average Bonchev–Trinajstić information content (AvgIpc) is 3.54. The van der Waals surface area contributed by atoms with Crippen molar-refractivity contribution in [1.82, 2.24) is 9.80 Å². The highest BCUT2D eigenvalue weighted by molar-refractivity contribution is 7.08. The molecule has 0 bridgehead atoms. The highest BCUT2D eigenvalue weighted by atomic mass is 32.1. The fourth-order valence-corrected chi connectivity index (χ4v) is 5.28. The summed E-state index contributed by atoms with van der Waals surface area (Å²) >= 11 is 1.60. The third-order valence-electron chi connectivity index (χ3n) is 6.30. The van der Waals surface area contributed by atoms with Crippen LogP contribution in [0.5, 0.6) is 0 Å². The van der Waals surface area contributed by atoms with Crippen molar-refractivity contribution in [3.63, 3.8) is 0 Å². The molecule has 0 unspecified atom stereocenters. The van der Waals surface area contributed by atoms with Gasteiger partial charge in [-0.05, 0) is 47.4 Å². The van der Waals surface area contributed by atoms with Gasteiger partial charge in [-0.15, -0.1) is 0 Å². The van der Waals surface area contributed by atoms with Crippen molar-refractivity contribution in [2.45, 2.75) is 25.4 Å². The number of fused-ring (bicyclic) bond motifs is 1. The first-order valence-corrected chi connectivity index (χ1v) is 11.7. The van der Waals surface area contributed by atoms with Gasteiger partial charge >= 0.3 is 0 Å². The zero-order valence-corrected chi connectivity index (χ0v) is 18.1. The number of ether oxygens (including phenoxy) is 1. The number of piperazine rings is 1. The fraction of sp³-hybridized carbons (Fsp3) is 0.435. The van der Waals surface area contributed by atoms with Crippen LogP contribution >= 0.6 is 11.3 Å². The molecule has 3 aliphatic heterocycles. The van der Waals surface area contributed by atoms with E-state index < -0.39 is 0 Å². The van der Waals surface area contributed by atoms with Crippen LogP contribution in [0.25, 0.3) is 0 Å². The molecule has 0 spiro atoms. The number of carbonyl (C=O) groups is 3. The second-order valence-corrected chi connectivity index (χ2v) is 9.01. The minimum atomic E-state index is -0.234. The van der Waals surface area contributed by atoms with Gasteiger partial charge in [-0.25, -0.2) is 0 Å². The van der Waals surface area contributed by atoms with Gasteiger partial charge in [0, 0.05) is 32.8 Å². The van der Waals surface area contributed by atoms with Crippen LogP contribution in [-0.4, -0.2) is 73.0 Å². The Kier molecular flexibility index (Phi) is 5.50. The van der Waals surface area contributed by atoms with Crippen LogP contribution in [0.3, 0.4) is 0 Å². The predicted molar refractivity (Wildman–Crippen MR) is 118 cm³/mol. The van der Waals surface area contributed by atoms with Gasteiger partial charge in [0.15, 0.2) is 0 Å². The van der Waals surface area contributed by atoms with Gasteiger partial charge in [0.05, 0.1) is 35.9 Å². The van der Waals surface area contributed by atoms with E-state index >= 15 is 0 Å². The first-order chi connectivity index (χ1) is 15.1. The molecule has 1 aromatic carbocycles. The van der Waals surface area contributed by atoms with Gasteiger partial charge in [-0.1, -0.05) is 6.07 Å². The normalized spacial score (nSPS) is 21.2. The first-order valence-electron chi connectivity index (χ1n) is 10.8. The van der Waals surface area contributed by atoms with E-state index in [1.165, 1.54) is 4.90 Å². The van der Waals surface area contributed by atoms with E-state index in [0.29, 0.717) is 56.9 Å². The number of anilines is 1. The highest BCUT2D eigenvalue weighted by Gasteiger charge is 2.40. The summed E-state index contributed by atoms with van der Waals surface area (Å²) in [7, 11) is 0. The Morgan fingerprint density at radius 1 is 1.10 bits per heavy atom. The summed E-state index contributed by atoms with van der Waals surface area (Å²) in [6.07, 6.45) is 2.20. The van der Waals surface area contributed by atoms with E-state index in [1.54, 1.807) is 17.4 Å². The summed E-state index contributed by atoms with van der Waals surface area (Å²) in [5, 5.41) is 3.99. The van der Waals surface area contributed by atoms with Crippen LogP contribution in [0.2, 0.25) is 0 Å². The molecule has 162 valence electrons. The highest BCUT2D eigenvalue weighted by Crippen LogP contribution is 2.33. The van der Waals surface area contributed by atoms with E-state index in [-0.39, 0.29) is 23.8 Å². The largest absolute Gasteiger partial charge is 0.376 e. The van der Waals surface area contributed by atoms with Crippen molar-refractivity contribution in [3.8, 4) is 0 Å². The summed E-state index contributed by atoms with van der Waals surface area (Å²) in [6, 6.07) is 7.46. The first kappa shape index (κ1) is 20.2. The number of thiophene rings is 1. The maximum absolute atomic E-state index is 13.2. The zero-order valence-electron chi connectivity index (χ0n) is 17.3. The van der Waals surface area contributed by atoms with Crippen LogP contribution < -0.4 is 4.90 Å². The van der Waals surface area contributed by atoms with Crippen LogP contribution in [0, 0.1) is 0 Å². The number of imide groups is 1. The summed E-state index contributed by atoms with van der Waals surface area (Å²) in [5.74, 6) is -0.339. The number of carbonyl (C=O) groups excluding carboxylic acids is 3. The molecule has 1 atom stereocenters. The smallest absolute Gasteiger partial charge is 0.263 e. The zero-order chi connectivity index (χ0) is 21.4. The Morgan fingerprint density at radius 2 is 1.94 bits per heavy atom. The van der Waals surface area contributed by atoms with Crippen LogP contribution in [0.1, 0.15) is 39.1 Å². The Morgan fingerprint density at radius 3 is 2.65 bits per heavy atom. The number of rotatable bonds is 5. The summed E-state index contributed by atoms with van der Waals surface area (Å²) in [4.78, 5) is 44.0. The second-order valence-electron chi connectivity index (χ2n) is 8.23. The molecule has 0 N–H and O–H groups in total. The standard InChI is InChI=1S/C23H25N3O4S/c27-20(13-16-6-12-31-15-16)25-9-7-24(8-10-25)19-5-1-4-18-21(19)23(29)26(22(18)28)14-17-3-2-11-30-17/h1,4-6,12,15,17H,2-3,7-11,13-14H2/t17-/m1/s1. The summed E-state index contributed by atoms with van der Waals surface area (Å²) < 4.78 is 5.64. The topological polar surface area (TPSA) is 70.2 Å². The molecule has 0 radical (unpaired) electrons. The third-order valence-corrected chi connectivity index (χ3v) is 7.03. The van der Waals surface area contributed by atoms with Gasteiger partial charge in [0.2, 0.25) is 5.91 Å². The third kappa shape index (κ3) is 3.85. The minimum Gasteiger partial charge on any atom is -0.376 e. The molecular formula is C23H25N3O4S. The number of nitrogens with zero attached hydrogens (tertiary/aromatic N) is 3. The Hall–Kier alpha value is -2.71. The molecule has 7 nitrogen and oxygen atoms in total. The van der Waals surface area contributed by atoms with Gasteiger partial charge in [0.1, 0.15) is 0 Å².